The smallest absolute Gasteiger partial charge is 0.255 e. The number of aromatic nitrogens is 2. The third-order valence-electron chi connectivity index (χ3n) is 3.90. The summed E-state index contributed by atoms with van der Waals surface area (Å²) in [4.78, 5) is 12.4. The number of methoxy groups -OCH3 is 1. The van der Waals surface area contributed by atoms with E-state index in [0.717, 1.165) is 17.1 Å². The Morgan fingerprint density at radius 3 is 2.48 bits per heavy atom. The highest BCUT2D eigenvalue weighted by atomic mass is 35.5. The molecule has 1 heterocycles. The molecule has 2 aromatic carbocycles. The summed E-state index contributed by atoms with van der Waals surface area (Å²) in [7, 11) is 1.59. The van der Waals surface area contributed by atoms with Crippen LogP contribution in [0.5, 0.6) is 5.75 Å². The lowest BCUT2D eigenvalue weighted by atomic mass is 10.2. The molecule has 0 saturated heterocycles. The Hall–Kier alpha value is -2.79. The Morgan fingerprint density at radius 2 is 1.88 bits per heavy atom. The van der Waals surface area contributed by atoms with Gasteiger partial charge in [0.05, 0.1) is 29.2 Å². The maximum absolute atomic E-state index is 12.4. The van der Waals surface area contributed by atoms with Crippen LogP contribution in [0.25, 0.3) is 5.69 Å². The van der Waals surface area contributed by atoms with Gasteiger partial charge in [-0.25, -0.2) is 4.68 Å². The zero-order valence-electron chi connectivity index (χ0n) is 14.2. The van der Waals surface area contributed by atoms with Crippen LogP contribution in [0.2, 0.25) is 5.02 Å². The largest absolute Gasteiger partial charge is 0.497 e. The zero-order valence-corrected chi connectivity index (χ0v) is 15.0. The first-order chi connectivity index (χ1) is 12.0. The van der Waals surface area contributed by atoms with Crippen molar-refractivity contribution in [2.24, 2.45) is 0 Å². The van der Waals surface area contributed by atoms with Crippen molar-refractivity contribution in [1.82, 2.24) is 9.78 Å². The number of nitrogens with one attached hydrogen (secondary N) is 1. The Labute approximate surface area is 151 Å². The maximum Gasteiger partial charge on any atom is 0.255 e. The molecule has 0 aliphatic carbocycles. The van der Waals surface area contributed by atoms with E-state index in [9.17, 15) is 4.79 Å². The van der Waals surface area contributed by atoms with Crippen LogP contribution in [-0.2, 0) is 0 Å². The number of halogens is 1. The molecular weight excluding hydrogens is 338 g/mol. The van der Waals surface area contributed by atoms with E-state index in [1.54, 1.807) is 30.0 Å². The minimum Gasteiger partial charge on any atom is -0.497 e. The number of benzene rings is 2. The number of carbonyl (C=O) groups is 1. The second-order valence-corrected chi connectivity index (χ2v) is 6.01. The molecular formula is C19H18ClN3O2. The molecule has 0 aliphatic heterocycles. The van der Waals surface area contributed by atoms with Crippen molar-refractivity contribution in [2.75, 3.05) is 12.4 Å². The third kappa shape index (κ3) is 3.51. The molecule has 3 rings (SSSR count). The monoisotopic (exact) mass is 355 g/mol. The summed E-state index contributed by atoms with van der Waals surface area (Å²) in [5.41, 5.74) is 3.73. The molecule has 6 heteroatoms. The van der Waals surface area contributed by atoms with Crippen LogP contribution in [0.1, 0.15) is 21.7 Å². The van der Waals surface area contributed by atoms with Crippen LogP contribution >= 0.6 is 11.6 Å². The van der Waals surface area contributed by atoms with Gasteiger partial charge in [0.2, 0.25) is 0 Å². The molecule has 0 fully saturated rings. The fourth-order valence-electron chi connectivity index (χ4n) is 2.53. The van der Waals surface area contributed by atoms with Crippen molar-refractivity contribution in [3.63, 3.8) is 0 Å². The molecule has 1 amide bonds. The van der Waals surface area contributed by atoms with Crippen LogP contribution in [0.3, 0.4) is 0 Å². The van der Waals surface area contributed by atoms with Gasteiger partial charge in [-0.15, -0.1) is 0 Å². The summed E-state index contributed by atoms with van der Waals surface area (Å²) in [5, 5.41) is 7.92. The van der Waals surface area contributed by atoms with Crippen LogP contribution in [0.15, 0.2) is 48.5 Å². The van der Waals surface area contributed by atoms with Crippen LogP contribution in [0.4, 0.5) is 5.69 Å². The first kappa shape index (κ1) is 17.0. The van der Waals surface area contributed by atoms with Gasteiger partial charge in [0, 0.05) is 17.3 Å². The number of hydrogen-bond acceptors (Lipinski definition) is 3. The molecule has 0 atom stereocenters. The van der Waals surface area contributed by atoms with Gasteiger partial charge in [-0.1, -0.05) is 17.7 Å². The number of anilines is 1. The van der Waals surface area contributed by atoms with E-state index in [1.165, 1.54) is 0 Å². The summed E-state index contributed by atoms with van der Waals surface area (Å²) in [5.74, 6) is 0.501. The van der Waals surface area contributed by atoms with E-state index in [4.69, 9.17) is 16.3 Å². The number of rotatable bonds is 4. The number of amides is 1. The maximum atomic E-state index is 12.4. The van der Waals surface area contributed by atoms with E-state index >= 15 is 0 Å². The van der Waals surface area contributed by atoms with Crippen molar-refractivity contribution in [3.05, 3.63) is 70.5 Å². The van der Waals surface area contributed by atoms with E-state index in [2.05, 4.69) is 10.4 Å². The topological polar surface area (TPSA) is 56.1 Å². The van der Waals surface area contributed by atoms with E-state index in [1.807, 2.05) is 44.2 Å². The summed E-state index contributed by atoms with van der Waals surface area (Å²) in [6.07, 6.45) is 0. The zero-order chi connectivity index (χ0) is 18.0. The second kappa shape index (κ2) is 6.99. The van der Waals surface area contributed by atoms with Crippen molar-refractivity contribution in [3.8, 4) is 11.4 Å². The average Bonchev–Trinajstić information content (AvgIpc) is 2.89. The molecule has 0 spiro atoms. The first-order valence-corrected chi connectivity index (χ1v) is 8.15. The van der Waals surface area contributed by atoms with Gasteiger partial charge in [-0.05, 0) is 50.2 Å². The van der Waals surface area contributed by atoms with Crippen LogP contribution < -0.4 is 10.1 Å². The molecule has 0 unspecified atom stereocenters. The van der Waals surface area contributed by atoms with Gasteiger partial charge in [0.25, 0.3) is 5.91 Å². The average molecular weight is 356 g/mol. The molecule has 25 heavy (non-hydrogen) atoms. The molecule has 0 bridgehead atoms. The minimum atomic E-state index is -0.189. The van der Waals surface area contributed by atoms with Crippen molar-refractivity contribution in [1.29, 1.82) is 0 Å². The van der Waals surface area contributed by atoms with Gasteiger partial charge >= 0.3 is 0 Å². The number of aryl methyl sites for hydroxylation is 1. The van der Waals surface area contributed by atoms with E-state index in [-0.39, 0.29) is 5.91 Å². The number of ether oxygens (including phenoxy) is 1. The first-order valence-electron chi connectivity index (χ1n) is 7.77. The second-order valence-electron chi connectivity index (χ2n) is 5.63. The van der Waals surface area contributed by atoms with Crippen molar-refractivity contribution in [2.45, 2.75) is 13.8 Å². The van der Waals surface area contributed by atoms with Crippen molar-refractivity contribution < 1.29 is 9.53 Å². The Balaban J connectivity index is 1.79. The van der Waals surface area contributed by atoms with Crippen LogP contribution in [-0.4, -0.2) is 22.8 Å². The molecule has 1 aromatic heterocycles. The van der Waals surface area contributed by atoms with Gasteiger partial charge in [-0.3, -0.25) is 4.79 Å². The minimum absolute atomic E-state index is 0.189. The quantitative estimate of drug-likeness (QED) is 0.754. The number of carbonyl (C=O) groups excluding carboxylic acids is 1. The number of hydrogen-bond donors (Lipinski definition) is 1. The molecule has 0 saturated carbocycles. The summed E-state index contributed by atoms with van der Waals surface area (Å²) in [6, 6.07) is 14.4. The highest BCUT2D eigenvalue weighted by Crippen LogP contribution is 2.23. The highest BCUT2D eigenvalue weighted by molar-refractivity contribution is 6.31. The lowest BCUT2D eigenvalue weighted by molar-refractivity contribution is 0.102. The summed E-state index contributed by atoms with van der Waals surface area (Å²) < 4.78 is 6.92. The summed E-state index contributed by atoms with van der Waals surface area (Å²) in [6.45, 7) is 3.77. The standard InChI is InChI=1S/C19H18ClN3O2/c1-12-18(20)13(2)23(22-12)16-9-7-14(8-10-16)19(24)21-15-5-4-6-17(11-15)25-3/h4-11H,1-3H3,(H,21,24). The molecule has 128 valence electrons. The third-order valence-corrected chi connectivity index (χ3v) is 4.45. The summed E-state index contributed by atoms with van der Waals surface area (Å²) >= 11 is 6.19. The molecule has 0 radical (unpaired) electrons. The molecule has 3 aromatic rings. The predicted molar refractivity (Wildman–Crippen MR) is 99.0 cm³/mol. The lowest BCUT2D eigenvalue weighted by Gasteiger charge is -2.08. The van der Waals surface area contributed by atoms with Gasteiger partial charge < -0.3 is 10.1 Å². The fourth-order valence-corrected chi connectivity index (χ4v) is 2.65. The van der Waals surface area contributed by atoms with Crippen LogP contribution in [0, 0.1) is 13.8 Å². The molecule has 5 nitrogen and oxygen atoms in total. The van der Waals surface area contributed by atoms with E-state index < -0.39 is 0 Å². The Bertz CT molecular complexity index is 917. The SMILES string of the molecule is COc1cccc(NC(=O)c2ccc(-n3nc(C)c(Cl)c3C)cc2)c1. The Morgan fingerprint density at radius 1 is 1.16 bits per heavy atom. The molecule has 1 N–H and O–H groups in total. The highest BCUT2D eigenvalue weighted by Gasteiger charge is 2.12. The van der Waals surface area contributed by atoms with Gasteiger partial charge in [0.15, 0.2) is 0 Å². The van der Waals surface area contributed by atoms with E-state index in [0.29, 0.717) is 22.0 Å². The van der Waals surface area contributed by atoms with Crippen molar-refractivity contribution >= 4 is 23.2 Å². The predicted octanol–water partition coefficient (Wildman–Crippen LogP) is 4.40. The van der Waals surface area contributed by atoms with Gasteiger partial charge in [0.1, 0.15) is 5.75 Å². The fraction of sp³-hybridized carbons (Fsp3) is 0.158. The number of nitrogens with zero attached hydrogens (tertiary/aromatic N) is 2. The van der Waals surface area contributed by atoms with Gasteiger partial charge in [-0.2, -0.15) is 5.10 Å². The normalized spacial score (nSPS) is 10.6. The lowest BCUT2D eigenvalue weighted by Crippen LogP contribution is -2.12. The Kier molecular flexibility index (Phi) is 4.76. The molecule has 0 aliphatic rings.